The zero-order valence-corrected chi connectivity index (χ0v) is 16.0. The first kappa shape index (κ1) is 18.5. The van der Waals surface area contributed by atoms with Crippen molar-refractivity contribution in [3.05, 3.63) is 17.5 Å². The van der Waals surface area contributed by atoms with Gasteiger partial charge in [-0.15, -0.1) is 0 Å². The van der Waals surface area contributed by atoms with Crippen LogP contribution in [0.15, 0.2) is 6.07 Å². The Morgan fingerprint density at radius 3 is 2.63 bits per heavy atom. The van der Waals surface area contributed by atoms with Gasteiger partial charge in [-0.3, -0.25) is 14.7 Å². The van der Waals surface area contributed by atoms with E-state index in [0.29, 0.717) is 50.2 Å². The Bertz CT molecular complexity index is 662. The number of aromatic amines is 1. The second-order valence-electron chi connectivity index (χ2n) is 8.15. The lowest BCUT2D eigenvalue weighted by atomic mass is 9.93. The summed E-state index contributed by atoms with van der Waals surface area (Å²) in [7, 11) is 0. The molecule has 27 heavy (non-hydrogen) atoms. The monoisotopic (exact) mass is 374 g/mol. The Morgan fingerprint density at radius 2 is 1.85 bits per heavy atom. The van der Waals surface area contributed by atoms with Crippen LogP contribution in [0.1, 0.15) is 67.0 Å². The number of likely N-dealkylation sites (tertiary alicyclic amines) is 1. The fourth-order valence-corrected chi connectivity index (χ4v) is 4.63. The molecule has 2 amide bonds. The molecule has 0 spiro atoms. The van der Waals surface area contributed by atoms with Gasteiger partial charge in [-0.2, -0.15) is 5.10 Å². The van der Waals surface area contributed by atoms with Crippen LogP contribution in [0.3, 0.4) is 0 Å². The summed E-state index contributed by atoms with van der Waals surface area (Å²) in [5, 5.41) is 7.32. The van der Waals surface area contributed by atoms with Crippen LogP contribution < -0.4 is 0 Å². The van der Waals surface area contributed by atoms with Crippen molar-refractivity contribution >= 4 is 11.8 Å². The van der Waals surface area contributed by atoms with E-state index in [0.717, 1.165) is 31.6 Å². The Labute approximate surface area is 160 Å². The first-order valence-corrected chi connectivity index (χ1v) is 10.4. The molecule has 1 atom stereocenters. The summed E-state index contributed by atoms with van der Waals surface area (Å²) in [5.74, 6) is 1.09. The molecule has 0 bridgehead atoms. The van der Waals surface area contributed by atoms with Crippen molar-refractivity contribution in [3.63, 3.8) is 0 Å². The van der Waals surface area contributed by atoms with Crippen LogP contribution >= 0.6 is 0 Å². The lowest BCUT2D eigenvalue weighted by molar-refractivity contribution is -0.133. The minimum Gasteiger partial charge on any atom is -0.378 e. The minimum atomic E-state index is -0.0363. The van der Waals surface area contributed by atoms with Gasteiger partial charge in [-0.05, 0) is 37.7 Å². The van der Waals surface area contributed by atoms with Crippen LogP contribution in [0.4, 0.5) is 0 Å². The molecule has 1 aliphatic carbocycles. The Hall–Kier alpha value is -1.89. The van der Waals surface area contributed by atoms with E-state index in [1.807, 2.05) is 11.0 Å². The van der Waals surface area contributed by atoms with Crippen molar-refractivity contribution in [3.8, 4) is 0 Å². The van der Waals surface area contributed by atoms with Crippen molar-refractivity contribution in [2.75, 3.05) is 39.4 Å². The predicted octanol–water partition coefficient (Wildman–Crippen LogP) is 2.17. The number of rotatable bonds is 4. The maximum absolute atomic E-state index is 12.7. The number of morpholine rings is 1. The number of amides is 2. The van der Waals surface area contributed by atoms with Gasteiger partial charge in [-0.25, -0.2) is 0 Å². The largest absolute Gasteiger partial charge is 0.378 e. The molecule has 1 aromatic heterocycles. The number of H-pyrrole nitrogens is 1. The molecule has 0 radical (unpaired) electrons. The number of carbonyl (C=O) groups excluding carboxylic acids is 2. The van der Waals surface area contributed by atoms with Gasteiger partial charge in [-0.1, -0.05) is 12.8 Å². The van der Waals surface area contributed by atoms with Gasteiger partial charge in [0.05, 0.1) is 13.2 Å². The first-order chi connectivity index (χ1) is 13.2. The van der Waals surface area contributed by atoms with E-state index in [2.05, 4.69) is 10.2 Å². The molecule has 148 valence electrons. The van der Waals surface area contributed by atoms with Crippen LogP contribution in [-0.4, -0.2) is 71.2 Å². The van der Waals surface area contributed by atoms with Crippen molar-refractivity contribution in [2.24, 2.45) is 5.92 Å². The van der Waals surface area contributed by atoms with E-state index >= 15 is 0 Å². The Balaban J connectivity index is 1.36. The van der Waals surface area contributed by atoms with Gasteiger partial charge in [0.2, 0.25) is 5.91 Å². The summed E-state index contributed by atoms with van der Waals surface area (Å²) in [6, 6.07) is 1.88. The number of hydrogen-bond donors (Lipinski definition) is 1. The smallest absolute Gasteiger partial charge is 0.274 e. The molecule has 7 heteroatoms. The predicted molar refractivity (Wildman–Crippen MR) is 100 cm³/mol. The summed E-state index contributed by atoms with van der Waals surface area (Å²) < 4.78 is 5.31. The van der Waals surface area contributed by atoms with Crippen LogP contribution in [0.5, 0.6) is 0 Å². The molecule has 0 unspecified atom stereocenters. The quantitative estimate of drug-likeness (QED) is 0.876. The highest BCUT2D eigenvalue weighted by molar-refractivity contribution is 5.92. The van der Waals surface area contributed by atoms with Gasteiger partial charge in [0.15, 0.2) is 0 Å². The number of ether oxygens (including phenoxy) is 1. The van der Waals surface area contributed by atoms with Crippen molar-refractivity contribution in [2.45, 2.75) is 50.9 Å². The Kier molecular flexibility index (Phi) is 5.76. The fraction of sp³-hybridized carbons (Fsp3) is 0.750. The normalized spacial score (nSPS) is 24.4. The zero-order valence-electron chi connectivity index (χ0n) is 16.0. The highest BCUT2D eigenvalue weighted by Gasteiger charge is 2.29. The van der Waals surface area contributed by atoms with Gasteiger partial charge >= 0.3 is 0 Å². The van der Waals surface area contributed by atoms with Gasteiger partial charge < -0.3 is 14.5 Å². The van der Waals surface area contributed by atoms with E-state index in [-0.39, 0.29) is 11.8 Å². The standard InChI is InChI=1S/C20H30N4O3/c25-19(12-15-4-1-2-5-15)24-7-3-6-16(14-24)17-13-18(22-21-17)20(26)23-8-10-27-11-9-23/h13,15-16H,1-12,14H2,(H,21,22)/t16-/m1/s1. The highest BCUT2D eigenvalue weighted by Crippen LogP contribution is 2.30. The maximum Gasteiger partial charge on any atom is 0.274 e. The maximum atomic E-state index is 12.7. The minimum absolute atomic E-state index is 0.0363. The summed E-state index contributed by atoms with van der Waals surface area (Å²) in [4.78, 5) is 29.1. The summed E-state index contributed by atoms with van der Waals surface area (Å²) in [6.07, 6.45) is 7.69. The molecule has 0 aromatic carbocycles. The van der Waals surface area contributed by atoms with Gasteiger partial charge in [0.25, 0.3) is 5.91 Å². The van der Waals surface area contributed by atoms with E-state index < -0.39 is 0 Å². The van der Waals surface area contributed by atoms with Gasteiger partial charge in [0, 0.05) is 44.2 Å². The molecule has 2 saturated heterocycles. The molecule has 3 aliphatic rings. The van der Waals surface area contributed by atoms with Crippen LogP contribution in [0.25, 0.3) is 0 Å². The number of nitrogens with one attached hydrogen (secondary N) is 1. The summed E-state index contributed by atoms with van der Waals surface area (Å²) >= 11 is 0. The average molecular weight is 374 g/mol. The van der Waals surface area contributed by atoms with Crippen molar-refractivity contribution in [1.82, 2.24) is 20.0 Å². The lowest BCUT2D eigenvalue weighted by Gasteiger charge is -2.33. The van der Waals surface area contributed by atoms with E-state index in [1.54, 1.807) is 4.90 Å². The number of carbonyl (C=O) groups is 2. The Morgan fingerprint density at radius 1 is 1.07 bits per heavy atom. The lowest BCUT2D eigenvalue weighted by Crippen LogP contribution is -2.40. The van der Waals surface area contributed by atoms with Gasteiger partial charge in [0.1, 0.15) is 5.69 Å². The summed E-state index contributed by atoms with van der Waals surface area (Å²) in [5.41, 5.74) is 1.45. The SMILES string of the molecule is O=C(CC1CCCC1)N1CCC[C@@H](c2cc(C(=O)N3CCOCC3)n[nH]2)C1. The van der Waals surface area contributed by atoms with Crippen molar-refractivity contribution in [1.29, 1.82) is 0 Å². The second kappa shape index (κ2) is 8.42. The summed E-state index contributed by atoms with van der Waals surface area (Å²) in [6.45, 7) is 4.00. The number of aromatic nitrogens is 2. The molecule has 3 fully saturated rings. The van der Waals surface area contributed by atoms with Crippen LogP contribution in [-0.2, 0) is 9.53 Å². The van der Waals surface area contributed by atoms with Crippen LogP contribution in [0, 0.1) is 5.92 Å². The molecule has 3 heterocycles. The number of piperidine rings is 1. The third-order valence-corrected chi connectivity index (χ3v) is 6.27. The molecular formula is C20H30N4O3. The third kappa shape index (κ3) is 4.34. The second-order valence-corrected chi connectivity index (χ2v) is 8.15. The molecule has 2 aliphatic heterocycles. The molecule has 1 aromatic rings. The number of nitrogens with zero attached hydrogens (tertiary/aromatic N) is 3. The average Bonchev–Trinajstić information content (AvgIpc) is 3.40. The van der Waals surface area contributed by atoms with E-state index in [1.165, 1.54) is 25.7 Å². The fourth-order valence-electron chi connectivity index (χ4n) is 4.63. The highest BCUT2D eigenvalue weighted by atomic mass is 16.5. The molecule has 1 N–H and O–H groups in total. The van der Waals surface area contributed by atoms with Crippen molar-refractivity contribution < 1.29 is 14.3 Å². The molecule has 1 saturated carbocycles. The third-order valence-electron chi connectivity index (χ3n) is 6.27. The number of hydrogen-bond acceptors (Lipinski definition) is 4. The topological polar surface area (TPSA) is 78.5 Å². The zero-order chi connectivity index (χ0) is 18.6. The molecular weight excluding hydrogens is 344 g/mol. The van der Waals surface area contributed by atoms with E-state index in [4.69, 9.17) is 4.74 Å². The first-order valence-electron chi connectivity index (χ1n) is 10.4. The molecule has 4 rings (SSSR count). The van der Waals surface area contributed by atoms with E-state index in [9.17, 15) is 9.59 Å². The molecule has 7 nitrogen and oxygen atoms in total. The van der Waals surface area contributed by atoms with Crippen LogP contribution in [0.2, 0.25) is 0 Å².